The molecular formula is C30H16ClF9O. The minimum atomic E-state index is -4.65. The van der Waals surface area contributed by atoms with Crippen molar-refractivity contribution in [2.75, 3.05) is 0 Å². The third-order valence-corrected chi connectivity index (χ3v) is 6.07. The van der Waals surface area contributed by atoms with Crippen molar-refractivity contribution >= 4 is 11.6 Å². The van der Waals surface area contributed by atoms with Crippen LogP contribution in [0.2, 0.25) is 5.02 Å². The predicted molar refractivity (Wildman–Crippen MR) is 134 cm³/mol. The van der Waals surface area contributed by atoms with Crippen LogP contribution >= 0.6 is 11.6 Å². The van der Waals surface area contributed by atoms with Crippen molar-refractivity contribution in [2.45, 2.75) is 25.9 Å². The van der Waals surface area contributed by atoms with Gasteiger partial charge in [-0.1, -0.05) is 36.8 Å². The SMILES string of the molecule is CCCc1cc(F)c(-c2cc(F)c(C(F)(F)Oc3ccc(C#Cc4cc(F)c(F)c(F)c4)c(F)c3)c(F)c2)c(Cl)c1. The van der Waals surface area contributed by atoms with Gasteiger partial charge in [0.05, 0.1) is 10.6 Å². The van der Waals surface area contributed by atoms with Gasteiger partial charge in [0.25, 0.3) is 0 Å². The Morgan fingerprint density at radius 1 is 0.732 bits per heavy atom. The maximum Gasteiger partial charge on any atom is 0.432 e. The first-order chi connectivity index (χ1) is 19.3. The molecule has 0 bridgehead atoms. The highest BCUT2D eigenvalue weighted by molar-refractivity contribution is 6.33. The van der Waals surface area contributed by atoms with Crippen molar-refractivity contribution in [1.82, 2.24) is 0 Å². The van der Waals surface area contributed by atoms with Crippen LogP contribution in [-0.4, -0.2) is 0 Å². The first-order valence-corrected chi connectivity index (χ1v) is 12.2. The topological polar surface area (TPSA) is 9.23 Å². The van der Waals surface area contributed by atoms with Crippen LogP contribution in [0.15, 0.2) is 54.6 Å². The average Bonchev–Trinajstić information content (AvgIpc) is 2.85. The van der Waals surface area contributed by atoms with Crippen LogP contribution in [0.25, 0.3) is 11.1 Å². The summed E-state index contributed by atoms with van der Waals surface area (Å²) < 4.78 is 133. The molecule has 0 unspecified atom stereocenters. The lowest BCUT2D eigenvalue weighted by atomic mass is 9.99. The van der Waals surface area contributed by atoms with E-state index in [4.69, 9.17) is 11.6 Å². The molecule has 0 atom stereocenters. The fourth-order valence-corrected chi connectivity index (χ4v) is 4.30. The summed E-state index contributed by atoms with van der Waals surface area (Å²) in [6.07, 6.45) is -3.48. The summed E-state index contributed by atoms with van der Waals surface area (Å²) in [5, 5.41) is -0.170. The summed E-state index contributed by atoms with van der Waals surface area (Å²) in [7, 11) is 0. The fraction of sp³-hybridized carbons (Fsp3) is 0.133. The van der Waals surface area contributed by atoms with Crippen LogP contribution in [0.4, 0.5) is 39.5 Å². The van der Waals surface area contributed by atoms with Gasteiger partial charge in [-0.25, -0.2) is 30.7 Å². The highest BCUT2D eigenvalue weighted by Gasteiger charge is 2.41. The first-order valence-electron chi connectivity index (χ1n) is 11.8. The Bertz CT molecular complexity index is 1640. The minimum absolute atomic E-state index is 0.170. The van der Waals surface area contributed by atoms with E-state index in [0.717, 1.165) is 18.2 Å². The molecule has 0 fully saturated rings. The van der Waals surface area contributed by atoms with Crippen LogP contribution in [0.3, 0.4) is 0 Å². The zero-order valence-electron chi connectivity index (χ0n) is 20.8. The van der Waals surface area contributed by atoms with Crippen molar-refractivity contribution in [3.05, 3.63) is 123 Å². The lowest BCUT2D eigenvalue weighted by molar-refractivity contribution is -0.189. The van der Waals surface area contributed by atoms with E-state index in [2.05, 4.69) is 16.6 Å². The number of benzene rings is 4. The highest BCUT2D eigenvalue weighted by atomic mass is 35.5. The number of ether oxygens (including phenoxy) is 1. The van der Waals surface area contributed by atoms with Gasteiger partial charge < -0.3 is 4.74 Å². The second-order valence-corrected chi connectivity index (χ2v) is 9.17. The van der Waals surface area contributed by atoms with Crippen LogP contribution < -0.4 is 4.74 Å². The molecular weight excluding hydrogens is 583 g/mol. The smallest absolute Gasteiger partial charge is 0.429 e. The molecule has 0 heterocycles. The van der Waals surface area contributed by atoms with Gasteiger partial charge in [-0.05, 0) is 66.1 Å². The molecule has 41 heavy (non-hydrogen) atoms. The Balaban J connectivity index is 1.60. The quantitative estimate of drug-likeness (QED) is 0.122. The molecule has 1 nitrogen and oxygen atoms in total. The molecule has 0 aromatic heterocycles. The van der Waals surface area contributed by atoms with Crippen LogP contribution in [-0.2, 0) is 12.5 Å². The van der Waals surface area contributed by atoms with Crippen LogP contribution in [0.1, 0.15) is 35.6 Å². The molecule has 0 aliphatic carbocycles. The van der Waals surface area contributed by atoms with E-state index in [1.807, 2.05) is 6.92 Å². The summed E-state index contributed by atoms with van der Waals surface area (Å²) in [5.74, 6) is -6.89. The summed E-state index contributed by atoms with van der Waals surface area (Å²) in [6, 6.07) is 6.74. The molecule has 0 saturated heterocycles. The molecule has 11 heteroatoms. The highest BCUT2D eigenvalue weighted by Crippen LogP contribution is 2.39. The second kappa shape index (κ2) is 11.8. The third-order valence-electron chi connectivity index (χ3n) is 5.77. The number of aryl methyl sites for hydroxylation is 1. The second-order valence-electron chi connectivity index (χ2n) is 8.76. The van der Waals surface area contributed by atoms with E-state index in [1.54, 1.807) is 0 Å². The zero-order chi connectivity index (χ0) is 30.1. The number of hydrogen-bond acceptors (Lipinski definition) is 1. The molecule has 0 amide bonds. The Morgan fingerprint density at radius 3 is 1.93 bits per heavy atom. The van der Waals surface area contributed by atoms with Gasteiger partial charge in [0.15, 0.2) is 17.5 Å². The number of alkyl halides is 2. The molecule has 4 rings (SSSR count). The lowest BCUT2D eigenvalue weighted by Gasteiger charge is -2.20. The molecule has 0 N–H and O–H groups in total. The maximum atomic E-state index is 14.8. The van der Waals surface area contributed by atoms with Crippen LogP contribution in [0.5, 0.6) is 5.75 Å². The lowest BCUT2D eigenvalue weighted by Crippen LogP contribution is -2.25. The Kier molecular flexibility index (Phi) is 8.59. The van der Waals surface area contributed by atoms with Crippen molar-refractivity contribution < 1.29 is 44.3 Å². The van der Waals surface area contributed by atoms with E-state index >= 15 is 0 Å². The van der Waals surface area contributed by atoms with Crippen molar-refractivity contribution in [3.63, 3.8) is 0 Å². The van der Waals surface area contributed by atoms with Gasteiger partial charge in [0.1, 0.15) is 34.6 Å². The van der Waals surface area contributed by atoms with Crippen molar-refractivity contribution in [2.24, 2.45) is 0 Å². The summed E-state index contributed by atoms with van der Waals surface area (Å²) in [5.41, 5.74) is -2.84. The molecule has 0 aliphatic rings. The Hall–Kier alpha value is -4.10. The maximum absolute atomic E-state index is 14.8. The molecule has 0 spiro atoms. The largest absolute Gasteiger partial charge is 0.432 e. The van der Waals surface area contributed by atoms with Crippen molar-refractivity contribution in [1.29, 1.82) is 0 Å². The van der Waals surface area contributed by atoms with Gasteiger partial charge in [0, 0.05) is 17.2 Å². The predicted octanol–water partition coefficient (Wildman–Crippen LogP) is 9.46. The van der Waals surface area contributed by atoms with E-state index < -0.39 is 69.3 Å². The van der Waals surface area contributed by atoms with E-state index in [1.165, 1.54) is 6.07 Å². The summed E-state index contributed by atoms with van der Waals surface area (Å²) in [4.78, 5) is 0. The fourth-order valence-electron chi connectivity index (χ4n) is 3.96. The Labute approximate surface area is 233 Å². The van der Waals surface area contributed by atoms with Gasteiger partial charge in [-0.15, -0.1) is 0 Å². The first kappa shape index (κ1) is 29.9. The number of hydrogen-bond donors (Lipinski definition) is 0. The molecule has 4 aromatic carbocycles. The van der Waals surface area contributed by atoms with Gasteiger partial charge in [-0.2, -0.15) is 8.78 Å². The average molecular weight is 599 g/mol. The summed E-state index contributed by atoms with van der Waals surface area (Å²) in [6.45, 7) is 1.85. The van der Waals surface area contributed by atoms with E-state index in [9.17, 15) is 39.5 Å². The third kappa shape index (κ3) is 6.46. The Morgan fingerprint density at radius 2 is 1.37 bits per heavy atom. The van der Waals surface area contributed by atoms with Gasteiger partial charge >= 0.3 is 6.11 Å². The number of halogens is 10. The molecule has 0 aliphatic heterocycles. The molecule has 0 radical (unpaired) electrons. The van der Waals surface area contributed by atoms with Crippen molar-refractivity contribution in [3.8, 4) is 28.7 Å². The van der Waals surface area contributed by atoms with Gasteiger partial charge in [0.2, 0.25) is 0 Å². The standard InChI is InChI=1S/C30H16ClF9O/c1-2-3-15-8-20(31)27(22(33)9-15)18-12-23(34)28(24(35)13-18)30(39,40)41-19-7-6-17(21(32)14-19)5-4-16-10-25(36)29(38)26(37)11-16/h6-14H,2-3H2,1H3. The minimum Gasteiger partial charge on any atom is -0.429 e. The molecule has 212 valence electrons. The zero-order valence-corrected chi connectivity index (χ0v) is 21.6. The van der Waals surface area contributed by atoms with E-state index in [0.29, 0.717) is 48.7 Å². The summed E-state index contributed by atoms with van der Waals surface area (Å²) >= 11 is 6.10. The molecule has 0 saturated carbocycles. The van der Waals surface area contributed by atoms with Gasteiger partial charge in [-0.3, -0.25) is 0 Å². The number of rotatable bonds is 6. The monoisotopic (exact) mass is 598 g/mol. The van der Waals surface area contributed by atoms with E-state index in [-0.39, 0.29) is 16.1 Å². The molecule has 4 aromatic rings. The van der Waals surface area contributed by atoms with Crippen LogP contribution in [0, 0.1) is 52.6 Å². The normalized spacial score (nSPS) is 11.3.